The van der Waals surface area contributed by atoms with Crippen LogP contribution in [0.2, 0.25) is 0 Å². The number of rotatable bonds is 6. The van der Waals surface area contributed by atoms with Gasteiger partial charge in [0.25, 0.3) is 0 Å². The van der Waals surface area contributed by atoms with Gasteiger partial charge in [0.05, 0.1) is 11.5 Å². The topological polar surface area (TPSA) is 113 Å². The van der Waals surface area contributed by atoms with Crippen molar-refractivity contribution in [2.75, 3.05) is 58.4 Å². The smallest absolute Gasteiger partial charge is 0.321 e. The van der Waals surface area contributed by atoms with Gasteiger partial charge >= 0.3 is 6.01 Å². The number of hydrogen-bond donors (Lipinski definition) is 2. The van der Waals surface area contributed by atoms with E-state index in [4.69, 9.17) is 19.3 Å². The summed E-state index contributed by atoms with van der Waals surface area (Å²) in [6, 6.07) is 7.94. The number of halogens is 4. The van der Waals surface area contributed by atoms with Crippen LogP contribution in [-0.2, 0) is 4.74 Å². The molecular weight excluding hydrogens is 622 g/mol. The third kappa shape index (κ3) is 7.51. The van der Waals surface area contributed by atoms with Gasteiger partial charge in [0.2, 0.25) is 6.86 Å². The molecule has 0 radical (unpaired) electrons. The lowest BCUT2D eigenvalue weighted by atomic mass is 9.99. The Labute approximate surface area is 269 Å². The first-order chi connectivity index (χ1) is 22.9. The largest absolute Gasteiger partial charge is 0.459 e. The molecule has 0 saturated carbocycles. The lowest BCUT2D eigenvalue weighted by molar-refractivity contribution is 0.0818. The first-order valence-electron chi connectivity index (χ1n) is 15.6. The van der Waals surface area contributed by atoms with Crippen molar-refractivity contribution in [1.29, 1.82) is 0 Å². The molecule has 2 aromatic carbocycles. The number of fused-ring (bicyclic) bond motifs is 3. The third-order valence-corrected chi connectivity index (χ3v) is 8.45. The minimum absolute atomic E-state index is 0.0868. The number of benzene rings is 2. The van der Waals surface area contributed by atoms with Gasteiger partial charge in [-0.1, -0.05) is 24.3 Å². The lowest BCUT2D eigenvalue weighted by Gasteiger charge is -2.24. The Morgan fingerprint density at radius 3 is 2.64 bits per heavy atom. The van der Waals surface area contributed by atoms with Crippen molar-refractivity contribution in [2.45, 2.75) is 50.9 Å². The Morgan fingerprint density at radius 1 is 1.04 bits per heavy atom. The zero-order valence-electron chi connectivity index (χ0n) is 26.3. The third-order valence-electron chi connectivity index (χ3n) is 8.45. The van der Waals surface area contributed by atoms with Gasteiger partial charge in [0, 0.05) is 56.5 Å². The van der Waals surface area contributed by atoms with Crippen LogP contribution in [-0.4, -0.2) is 102 Å². The zero-order valence-corrected chi connectivity index (χ0v) is 26.3. The SMILES string of the molecule is CC1CN(c2nc(OCO)nc3c(F)c(-c4cccc5ccc(F)c(OCF)c45)ncc23)CCCO1.CO.FC1CC2CCCN2C1. The average molecular weight is 662 g/mol. The number of nitrogens with zero attached hydrogens (tertiary/aromatic N) is 5. The molecule has 10 nitrogen and oxygen atoms in total. The summed E-state index contributed by atoms with van der Waals surface area (Å²) in [7, 11) is 1.00. The molecule has 0 spiro atoms. The molecule has 3 saturated heterocycles. The summed E-state index contributed by atoms with van der Waals surface area (Å²) in [6.07, 6.45) is 4.90. The van der Waals surface area contributed by atoms with Crippen LogP contribution in [0.5, 0.6) is 11.8 Å². The highest BCUT2D eigenvalue weighted by Crippen LogP contribution is 2.39. The molecule has 2 N–H and O–H groups in total. The van der Waals surface area contributed by atoms with Gasteiger partial charge < -0.3 is 29.3 Å². The minimum atomic E-state index is -1.26. The second-order valence-corrected chi connectivity index (χ2v) is 11.4. The molecule has 47 heavy (non-hydrogen) atoms. The predicted octanol–water partition coefficient (Wildman–Crippen LogP) is 5.17. The number of hydrogen-bond acceptors (Lipinski definition) is 10. The Hall–Kier alpha value is -3.85. The summed E-state index contributed by atoms with van der Waals surface area (Å²) in [4.78, 5) is 17.1. The first kappa shape index (κ1) is 34.5. The van der Waals surface area contributed by atoms with E-state index < -0.39 is 31.5 Å². The first-order valence-corrected chi connectivity index (χ1v) is 15.6. The molecule has 3 atom stereocenters. The second kappa shape index (κ2) is 15.8. The van der Waals surface area contributed by atoms with E-state index in [1.807, 2.05) is 11.8 Å². The highest BCUT2D eigenvalue weighted by Gasteiger charge is 2.34. The number of aliphatic hydroxyl groups is 2. The molecule has 0 aliphatic carbocycles. The standard InChI is InChI=1S/C25H23F3N4O4.C7H12FN.CH4O/c1-14-11-32(8-3-9-34-14)24-17-10-29-21(20(28)22(17)30-25(31-24)36-13-33)16-5-2-4-15-6-7-18(27)23(19(15)16)35-12-26;8-6-4-7-2-1-3-9(7)5-6;1-2/h2,4-7,10,14,33H,3,8-9,11-13H2,1H3;6-7H,1-5H2;2H,1H3. The fraction of sp³-hybridized carbons (Fsp3) is 0.485. The molecule has 5 heterocycles. The maximum atomic E-state index is 16.1. The quantitative estimate of drug-likeness (QED) is 0.212. The van der Waals surface area contributed by atoms with Crippen molar-refractivity contribution < 1.29 is 42.0 Å². The van der Waals surface area contributed by atoms with Crippen LogP contribution in [0.1, 0.15) is 32.6 Å². The van der Waals surface area contributed by atoms with E-state index in [0.29, 0.717) is 48.9 Å². The molecule has 3 unspecified atom stereocenters. The summed E-state index contributed by atoms with van der Waals surface area (Å²) in [6.45, 7) is 3.52. The number of aliphatic hydroxyl groups excluding tert-OH is 2. The van der Waals surface area contributed by atoms with Crippen molar-refractivity contribution >= 4 is 27.5 Å². The van der Waals surface area contributed by atoms with Crippen molar-refractivity contribution in [3.05, 3.63) is 48.2 Å². The fourth-order valence-electron chi connectivity index (χ4n) is 6.50. The number of anilines is 1. The van der Waals surface area contributed by atoms with E-state index >= 15 is 4.39 Å². The van der Waals surface area contributed by atoms with E-state index in [0.717, 1.165) is 32.6 Å². The highest BCUT2D eigenvalue weighted by molar-refractivity contribution is 6.02. The fourth-order valence-corrected chi connectivity index (χ4v) is 6.50. The van der Waals surface area contributed by atoms with Gasteiger partial charge in [-0.2, -0.15) is 9.97 Å². The van der Waals surface area contributed by atoms with E-state index in [2.05, 4.69) is 19.9 Å². The molecule has 3 aliphatic heterocycles. The van der Waals surface area contributed by atoms with Gasteiger partial charge in [-0.05, 0) is 50.6 Å². The molecular formula is C33H39F4N5O5. The van der Waals surface area contributed by atoms with Crippen LogP contribution < -0.4 is 14.4 Å². The maximum Gasteiger partial charge on any atom is 0.321 e. The van der Waals surface area contributed by atoms with Crippen molar-refractivity contribution in [1.82, 2.24) is 19.9 Å². The zero-order chi connectivity index (χ0) is 33.5. The Kier molecular flexibility index (Phi) is 11.6. The van der Waals surface area contributed by atoms with Gasteiger partial charge in [0.15, 0.2) is 24.2 Å². The van der Waals surface area contributed by atoms with E-state index in [-0.39, 0.29) is 40.0 Å². The normalized spacial score (nSPS) is 21.0. The van der Waals surface area contributed by atoms with Gasteiger partial charge in [-0.3, -0.25) is 9.88 Å². The summed E-state index contributed by atoms with van der Waals surface area (Å²) in [5.41, 5.74) is -0.0151. The van der Waals surface area contributed by atoms with E-state index in [1.54, 1.807) is 18.2 Å². The molecule has 254 valence electrons. The Balaban J connectivity index is 0.000000333. The Bertz CT molecular complexity index is 1660. The minimum Gasteiger partial charge on any atom is -0.459 e. The van der Waals surface area contributed by atoms with Crippen LogP contribution in [0.25, 0.3) is 32.9 Å². The molecule has 0 bridgehead atoms. The molecule has 3 fully saturated rings. The van der Waals surface area contributed by atoms with Gasteiger partial charge in [-0.15, -0.1) is 0 Å². The number of ether oxygens (including phenoxy) is 3. The molecule has 7 rings (SSSR count). The van der Waals surface area contributed by atoms with Gasteiger partial charge in [-0.25, -0.2) is 17.6 Å². The van der Waals surface area contributed by atoms with Crippen LogP contribution in [0.15, 0.2) is 36.5 Å². The molecule has 4 aromatic rings. The second-order valence-electron chi connectivity index (χ2n) is 11.4. The highest BCUT2D eigenvalue weighted by atomic mass is 19.1. The summed E-state index contributed by atoms with van der Waals surface area (Å²) >= 11 is 0. The molecule has 3 aliphatic rings. The summed E-state index contributed by atoms with van der Waals surface area (Å²) < 4.78 is 72.1. The molecule has 2 aromatic heterocycles. The van der Waals surface area contributed by atoms with Crippen LogP contribution >= 0.6 is 0 Å². The van der Waals surface area contributed by atoms with Crippen LogP contribution in [0, 0.1) is 11.6 Å². The summed E-state index contributed by atoms with van der Waals surface area (Å²) in [5.74, 6) is -1.53. The van der Waals surface area contributed by atoms with Crippen molar-refractivity contribution in [3.63, 3.8) is 0 Å². The molecule has 14 heteroatoms. The maximum absolute atomic E-state index is 16.1. The number of aromatic nitrogens is 3. The van der Waals surface area contributed by atoms with Crippen molar-refractivity contribution in [3.8, 4) is 23.0 Å². The number of alkyl halides is 2. The van der Waals surface area contributed by atoms with Crippen LogP contribution in [0.4, 0.5) is 23.4 Å². The van der Waals surface area contributed by atoms with Gasteiger partial charge in [0.1, 0.15) is 23.2 Å². The molecule has 0 amide bonds. The number of pyridine rings is 1. The average Bonchev–Trinajstić information content (AvgIpc) is 3.58. The van der Waals surface area contributed by atoms with E-state index in [1.165, 1.54) is 25.1 Å². The lowest BCUT2D eigenvalue weighted by Crippen LogP contribution is -2.31. The van der Waals surface area contributed by atoms with Crippen molar-refractivity contribution in [2.24, 2.45) is 0 Å². The monoisotopic (exact) mass is 661 g/mol. The van der Waals surface area contributed by atoms with E-state index in [9.17, 15) is 18.3 Å². The summed E-state index contributed by atoms with van der Waals surface area (Å²) in [5, 5.41) is 17.3. The Morgan fingerprint density at radius 2 is 1.87 bits per heavy atom. The van der Waals surface area contributed by atoms with Crippen LogP contribution in [0.3, 0.4) is 0 Å². The predicted molar refractivity (Wildman–Crippen MR) is 169 cm³/mol.